The van der Waals surface area contributed by atoms with Crippen molar-refractivity contribution >= 4 is 27.7 Å². The van der Waals surface area contributed by atoms with Crippen LogP contribution in [-0.2, 0) is 0 Å². The summed E-state index contributed by atoms with van der Waals surface area (Å²) >= 11 is 5.09. The van der Waals surface area contributed by atoms with E-state index in [2.05, 4.69) is 39.7 Å². The van der Waals surface area contributed by atoms with Crippen LogP contribution in [0.15, 0.2) is 40.0 Å². The molecule has 0 aliphatic heterocycles. The van der Waals surface area contributed by atoms with Gasteiger partial charge in [0.1, 0.15) is 0 Å². The maximum Gasteiger partial charge on any atom is 0.0963 e. The van der Waals surface area contributed by atoms with Crippen LogP contribution in [0, 0.1) is 0 Å². The second-order valence-corrected chi connectivity index (χ2v) is 5.44. The predicted molar refractivity (Wildman–Crippen MR) is 75.0 cm³/mol. The van der Waals surface area contributed by atoms with E-state index in [1.54, 1.807) is 11.8 Å². The zero-order chi connectivity index (χ0) is 11.8. The smallest absolute Gasteiger partial charge is 0.0963 e. The van der Waals surface area contributed by atoms with Crippen LogP contribution >= 0.6 is 27.7 Å². The number of hydrogen-bond acceptors (Lipinski definition) is 3. The molecule has 0 amide bonds. The lowest BCUT2D eigenvalue weighted by Gasteiger charge is -2.06. The fraction of sp³-hybridized carbons (Fsp3) is 0.417. The van der Waals surface area contributed by atoms with Gasteiger partial charge in [-0.2, -0.15) is 0 Å². The Kier molecular flexibility index (Phi) is 6.76. The SMILES string of the molecule is C=C(CNCCC)CSc1ccc(Br)cn1. The standard InChI is InChI=1S/C12H17BrN2S/c1-3-6-14-7-10(2)9-16-12-5-4-11(13)8-15-12/h4-5,8,14H,2-3,6-7,9H2,1H3. The van der Waals surface area contributed by atoms with Crippen LogP contribution in [0.3, 0.4) is 0 Å². The van der Waals surface area contributed by atoms with E-state index in [9.17, 15) is 0 Å². The highest BCUT2D eigenvalue weighted by molar-refractivity contribution is 9.10. The molecule has 0 aromatic carbocycles. The first kappa shape index (κ1) is 13.7. The third kappa shape index (κ3) is 5.68. The maximum absolute atomic E-state index is 4.30. The highest BCUT2D eigenvalue weighted by Crippen LogP contribution is 2.19. The summed E-state index contributed by atoms with van der Waals surface area (Å²) in [4.78, 5) is 4.30. The van der Waals surface area contributed by atoms with Gasteiger partial charge in [-0.1, -0.05) is 19.1 Å². The van der Waals surface area contributed by atoms with Crippen molar-refractivity contribution in [3.05, 3.63) is 35.0 Å². The van der Waals surface area contributed by atoms with Crippen molar-refractivity contribution in [1.82, 2.24) is 10.3 Å². The Morgan fingerprint density at radius 1 is 1.56 bits per heavy atom. The van der Waals surface area contributed by atoms with E-state index >= 15 is 0 Å². The van der Waals surface area contributed by atoms with Gasteiger partial charge >= 0.3 is 0 Å². The molecule has 0 spiro atoms. The molecule has 16 heavy (non-hydrogen) atoms. The van der Waals surface area contributed by atoms with Crippen molar-refractivity contribution in [2.24, 2.45) is 0 Å². The minimum atomic E-state index is 0.900. The van der Waals surface area contributed by atoms with Gasteiger partial charge in [0.2, 0.25) is 0 Å². The molecule has 0 saturated heterocycles. The molecule has 88 valence electrons. The number of halogens is 1. The summed E-state index contributed by atoms with van der Waals surface area (Å²) in [6.07, 6.45) is 2.98. The molecule has 0 saturated carbocycles. The summed E-state index contributed by atoms with van der Waals surface area (Å²) in [5, 5.41) is 4.38. The van der Waals surface area contributed by atoms with Crippen LogP contribution in [0.25, 0.3) is 0 Å². The molecule has 2 nitrogen and oxygen atoms in total. The van der Waals surface area contributed by atoms with Gasteiger partial charge in [-0.15, -0.1) is 11.8 Å². The lowest BCUT2D eigenvalue weighted by Crippen LogP contribution is -2.18. The van der Waals surface area contributed by atoms with Gasteiger partial charge in [-0.05, 0) is 41.0 Å². The fourth-order valence-electron chi connectivity index (χ4n) is 1.12. The van der Waals surface area contributed by atoms with Crippen LogP contribution in [-0.4, -0.2) is 23.8 Å². The number of thioether (sulfide) groups is 1. The third-order valence-electron chi connectivity index (χ3n) is 1.93. The molecule has 0 unspecified atom stereocenters. The van der Waals surface area contributed by atoms with Gasteiger partial charge in [-0.3, -0.25) is 0 Å². The normalized spacial score (nSPS) is 10.4. The lowest BCUT2D eigenvalue weighted by atomic mass is 10.3. The Morgan fingerprint density at radius 3 is 3.00 bits per heavy atom. The van der Waals surface area contributed by atoms with Gasteiger partial charge in [0.05, 0.1) is 5.03 Å². The third-order valence-corrected chi connectivity index (χ3v) is 3.49. The second kappa shape index (κ2) is 7.87. The highest BCUT2D eigenvalue weighted by Gasteiger charge is 1.98. The molecule has 1 N–H and O–H groups in total. The first-order valence-electron chi connectivity index (χ1n) is 5.34. The van der Waals surface area contributed by atoms with Crippen molar-refractivity contribution in [3.8, 4) is 0 Å². The molecular formula is C12H17BrN2S. The zero-order valence-corrected chi connectivity index (χ0v) is 11.9. The highest BCUT2D eigenvalue weighted by atomic mass is 79.9. The first-order chi connectivity index (χ1) is 7.72. The minimum Gasteiger partial charge on any atom is -0.313 e. The Bertz CT molecular complexity index is 324. The molecule has 0 aliphatic rings. The van der Waals surface area contributed by atoms with E-state index in [1.165, 1.54) is 5.57 Å². The second-order valence-electron chi connectivity index (χ2n) is 3.53. The monoisotopic (exact) mass is 300 g/mol. The molecule has 0 fully saturated rings. The van der Waals surface area contributed by atoms with E-state index in [4.69, 9.17) is 0 Å². The van der Waals surface area contributed by atoms with Gasteiger partial charge < -0.3 is 5.32 Å². The fourth-order valence-corrected chi connectivity index (χ4v) is 2.10. The summed E-state index contributed by atoms with van der Waals surface area (Å²) < 4.78 is 1.01. The van der Waals surface area contributed by atoms with Crippen LogP contribution in [0.5, 0.6) is 0 Å². The number of aromatic nitrogens is 1. The van der Waals surface area contributed by atoms with Crippen molar-refractivity contribution in [3.63, 3.8) is 0 Å². The van der Waals surface area contributed by atoms with Gasteiger partial charge in [-0.25, -0.2) is 4.98 Å². The molecule has 1 aromatic heterocycles. The Labute approximate surface area is 110 Å². The van der Waals surface area contributed by atoms with Crippen LogP contribution in [0.4, 0.5) is 0 Å². The van der Waals surface area contributed by atoms with Crippen molar-refractivity contribution in [1.29, 1.82) is 0 Å². The topological polar surface area (TPSA) is 24.9 Å². The number of pyridine rings is 1. The average molecular weight is 301 g/mol. The molecule has 0 radical (unpaired) electrons. The number of rotatable bonds is 7. The molecule has 0 bridgehead atoms. The van der Waals surface area contributed by atoms with Crippen LogP contribution in [0.2, 0.25) is 0 Å². The number of nitrogens with one attached hydrogen (secondary N) is 1. The van der Waals surface area contributed by atoms with E-state index < -0.39 is 0 Å². The van der Waals surface area contributed by atoms with E-state index in [0.717, 1.165) is 34.8 Å². The van der Waals surface area contributed by atoms with Gasteiger partial charge in [0.15, 0.2) is 0 Å². The molecule has 0 atom stereocenters. The molecule has 0 aliphatic carbocycles. The maximum atomic E-state index is 4.30. The Hall–Kier alpha value is -0.320. The number of hydrogen-bond donors (Lipinski definition) is 1. The summed E-state index contributed by atoms with van der Waals surface area (Å²) in [7, 11) is 0. The largest absolute Gasteiger partial charge is 0.313 e. The summed E-state index contributed by atoms with van der Waals surface area (Å²) in [6.45, 7) is 8.16. The van der Waals surface area contributed by atoms with E-state index in [1.807, 2.05) is 18.3 Å². The molecule has 4 heteroatoms. The average Bonchev–Trinajstić information content (AvgIpc) is 2.29. The minimum absolute atomic E-state index is 0.900. The van der Waals surface area contributed by atoms with Crippen molar-refractivity contribution < 1.29 is 0 Å². The Morgan fingerprint density at radius 2 is 2.38 bits per heavy atom. The summed E-state index contributed by atoms with van der Waals surface area (Å²) in [5.74, 6) is 0.922. The van der Waals surface area contributed by atoms with Crippen molar-refractivity contribution in [2.75, 3.05) is 18.8 Å². The van der Waals surface area contributed by atoms with E-state index in [0.29, 0.717) is 0 Å². The molecule has 1 aromatic rings. The summed E-state index contributed by atoms with van der Waals surface area (Å²) in [5.41, 5.74) is 1.21. The predicted octanol–water partition coefficient (Wildman–Crippen LogP) is 3.49. The zero-order valence-electron chi connectivity index (χ0n) is 9.50. The Balaban J connectivity index is 2.23. The van der Waals surface area contributed by atoms with Crippen LogP contribution in [0.1, 0.15) is 13.3 Å². The molecule has 1 heterocycles. The molecular weight excluding hydrogens is 284 g/mol. The quantitative estimate of drug-likeness (QED) is 0.474. The lowest BCUT2D eigenvalue weighted by molar-refractivity contribution is 0.716. The van der Waals surface area contributed by atoms with E-state index in [-0.39, 0.29) is 0 Å². The summed E-state index contributed by atoms with van der Waals surface area (Å²) in [6, 6.07) is 4.02. The number of nitrogens with zero attached hydrogens (tertiary/aromatic N) is 1. The van der Waals surface area contributed by atoms with Crippen molar-refractivity contribution in [2.45, 2.75) is 18.4 Å². The first-order valence-corrected chi connectivity index (χ1v) is 7.12. The van der Waals surface area contributed by atoms with Crippen LogP contribution < -0.4 is 5.32 Å². The molecule has 1 rings (SSSR count). The van der Waals surface area contributed by atoms with Gasteiger partial charge in [0.25, 0.3) is 0 Å². The van der Waals surface area contributed by atoms with Gasteiger partial charge in [0, 0.05) is 23.0 Å².